The van der Waals surface area contributed by atoms with Crippen molar-refractivity contribution in [3.63, 3.8) is 0 Å². The van der Waals surface area contributed by atoms with Crippen molar-refractivity contribution >= 4 is 18.1 Å². The first-order valence-corrected chi connectivity index (χ1v) is 9.47. The number of piperidine rings is 1. The zero-order chi connectivity index (χ0) is 18.1. The van der Waals surface area contributed by atoms with Crippen LogP contribution in [0.2, 0.25) is 0 Å². The minimum Gasteiger partial charge on any atom is -0.369 e. The van der Waals surface area contributed by atoms with Crippen LogP contribution in [0.3, 0.4) is 0 Å². The van der Waals surface area contributed by atoms with Gasteiger partial charge in [-0.1, -0.05) is 29.8 Å². The van der Waals surface area contributed by atoms with Gasteiger partial charge in [-0.15, -0.1) is 12.4 Å². The zero-order valence-corrected chi connectivity index (χ0v) is 17.4. The van der Waals surface area contributed by atoms with Gasteiger partial charge in [-0.2, -0.15) is 5.06 Å². The molecule has 0 aliphatic carbocycles. The van der Waals surface area contributed by atoms with Gasteiger partial charge in [0.2, 0.25) is 0 Å². The lowest BCUT2D eigenvalue weighted by molar-refractivity contribution is -0.232. The van der Waals surface area contributed by atoms with Crippen LogP contribution in [-0.4, -0.2) is 59.0 Å². The number of hydrogen-bond donors (Lipinski definition) is 1. The molecule has 0 amide bonds. The summed E-state index contributed by atoms with van der Waals surface area (Å²) in [6, 6.07) is 10.7. The molecule has 0 spiro atoms. The van der Waals surface area contributed by atoms with Crippen LogP contribution in [-0.2, 0) is 0 Å². The van der Waals surface area contributed by atoms with Crippen LogP contribution in [0.25, 0.3) is 0 Å². The van der Waals surface area contributed by atoms with Gasteiger partial charge in [0.25, 0.3) is 0 Å². The molecule has 2 fully saturated rings. The topological polar surface area (TPSA) is 30.0 Å². The van der Waals surface area contributed by atoms with E-state index in [2.05, 4.69) is 73.9 Å². The summed E-state index contributed by atoms with van der Waals surface area (Å²) in [5.74, 6) is 0. The number of piperazine rings is 1. The minimum atomic E-state index is -0.195. The lowest BCUT2D eigenvalue weighted by Crippen LogP contribution is -2.57. The smallest absolute Gasteiger partial charge is 0.0447 e. The van der Waals surface area contributed by atoms with E-state index in [9.17, 15) is 5.21 Å². The maximum atomic E-state index is 10.4. The molecule has 0 unspecified atom stereocenters. The third-order valence-corrected chi connectivity index (χ3v) is 5.60. The Morgan fingerprint density at radius 2 is 1.46 bits per heavy atom. The summed E-state index contributed by atoms with van der Waals surface area (Å²) in [6.45, 7) is 13.9. The fraction of sp³-hybridized carbons (Fsp3) is 0.619. The van der Waals surface area contributed by atoms with Crippen molar-refractivity contribution in [1.29, 1.82) is 0 Å². The lowest BCUT2D eigenvalue weighted by atomic mass is 9.78. The maximum Gasteiger partial charge on any atom is 0.0447 e. The second kappa shape index (κ2) is 8.30. The van der Waals surface area contributed by atoms with E-state index >= 15 is 0 Å². The van der Waals surface area contributed by atoms with Crippen LogP contribution >= 0.6 is 12.4 Å². The number of benzene rings is 1. The van der Waals surface area contributed by atoms with E-state index in [-0.39, 0.29) is 23.5 Å². The van der Waals surface area contributed by atoms with Crippen molar-refractivity contribution < 1.29 is 5.21 Å². The van der Waals surface area contributed by atoms with Gasteiger partial charge in [-0.05, 0) is 52.7 Å². The Hall–Kier alpha value is -1.07. The molecule has 1 aromatic rings. The van der Waals surface area contributed by atoms with E-state index in [1.165, 1.54) is 11.3 Å². The van der Waals surface area contributed by atoms with Gasteiger partial charge in [0.1, 0.15) is 0 Å². The van der Waals surface area contributed by atoms with E-state index in [0.29, 0.717) is 0 Å². The summed E-state index contributed by atoms with van der Waals surface area (Å²) >= 11 is 0. The Labute approximate surface area is 164 Å². The summed E-state index contributed by atoms with van der Waals surface area (Å²) < 4.78 is 0. The molecule has 0 radical (unpaired) electrons. The van der Waals surface area contributed by atoms with Crippen LogP contribution in [0.4, 0.5) is 5.69 Å². The van der Waals surface area contributed by atoms with Gasteiger partial charge < -0.3 is 10.1 Å². The Balaban J connectivity index is 0.00000243. The average molecular weight is 380 g/mol. The van der Waals surface area contributed by atoms with Gasteiger partial charge in [0.05, 0.1) is 0 Å². The van der Waals surface area contributed by atoms with Gasteiger partial charge >= 0.3 is 0 Å². The number of rotatable bonds is 3. The van der Waals surface area contributed by atoms with Crippen molar-refractivity contribution in [3.05, 3.63) is 42.0 Å². The molecular formula is C21H34ClN3O. The van der Waals surface area contributed by atoms with E-state index < -0.39 is 0 Å². The number of halogens is 1. The standard InChI is InChI=1S/C21H33N3O.ClH/c1-20(2)16-18(17-21(3,4)24(20)25)10-11-22-12-14-23(15-13-22)19-8-6-5-7-9-19;/h5-10,25H,11-17H2,1-4H3;1H. The normalized spacial score (nSPS) is 23.4. The van der Waals surface area contributed by atoms with Crippen molar-refractivity contribution in [3.8, 4) is 0 Å². The molecule has 3 rings (SSSR count). The fourth-order valence-electron chi connectivity index (χ4n) is 4.37. The monoisotopic (exact) mass is 379 g/mol. The van der Waals surface area contributed by atoms with Crippen LogP contribution in [0, 0.1) is 0 Å². The van der Waals surface area contributed by atoms with Gasteiger partial charge in [0.15, 0.2) is 0 Å². The Morgan fingerprint density at radius 1 is 0.923 bits per heavy atom. The van der Waals surface area contributed by atoms with Crippen LogP contribution in [0.1, 0.15) is 40.5 Å². The molecule has 2 aliphatic heterocycles. The highest BCUT2D eigenvalue weighted by Crippen LogP contribution is 2.39. The Bertz CT molecular complexity index is 587. The first-order chi connectivity index (χ1) is 11.8. The minimum absolute atomic E-state index is 0. The first kappa shape index (κ1) is 21.2. The highest BCUT2D eigenvalue weighted by atomic mass is 35.5. The van der Waals surface area contributed by atoms with Crippen LogP contribution in [0.5, 0.6) is 0 Å². The highest BCUT2D eigenvalue weighted by Gasteiger charge is 2.42. The third-order valence-electron chi connectivity index (χ3n) is 5.60. The molecule has 2 heterocycles. The average Bonchev–Trinajstić information content (AvgIpc) is 2.59. The van der Waals surface area contributed by atoms with Gasteiger partial charge in [0, 0.05) is 49.5 Å². The number of anilines is 1. The van der Waals surface area contributed by atoms with E-state index in [4.69, 9.17) is 0 Å². The van der Waals surface area contributed by atoms with Crippen molar-refractivity contribution in [2.75, 3.05) is 37.6 Å². The largest absolute Gasteiger partial charge is 0.369 e. The number of hydroxylamine groups is 2. The second-order valence-corrected chi connectivity index (χ2v) is 8.78. The van der Waals surface area contributed by atoms with Gasteiger partial charge in [-0.3, -0.25) is 4.90 Å². The van der Waals surface area contributed by atoms with E-state index in [1.807, 2.05) is 0 Å². The number of hydrogen-bond acceptors (Lipinski definition) is 4. The van der Waals surface area contributed by atoms with E-state index in [0.717, 1.165) is 45.6 Å². The molecule has 4 nitrogen and oxygen atoms in total. The zero-order valence-electron chi connectivity index (χ0n) is 16.6. The summed E-state index contributed by atoms with van der Waals surface area (Å²) in [7, 11) is 0. The van der Waals surface area contributed by atoms with Crippen LogP contribution in [0.15, 0.2) is 42.0 Å². The number of nitrogens with zero attached hydrogens (tertiary/aromatic N) is 3. The van der Waals surface area contributed by atoms with Gasteiger partial charge in [-0.25, -0.2) is 0 Å². The molecule has 0 aromatic heterocycles. The molecule has 5 heteroatoms. The second-order valence-electron chi connectivity index (χ2n) is 8.78. The summed E-state index contributed by atoms with van der Waals surface area (Å²) in [4.78, 5) is 5.01. The molecule has 2 saturated heterocycles. The summed E-state index contributed by atoms with van der Waals surface area (Å²) in [6.07, 6.45) is 4.29. The fourth-order valence-corrected chi connectivity index (χ4v) is 4.37. The quantitative estimate of drug-likeness (QED) is 0.797. The van der Waals surface area contributed by atoms with E-state index in [1.54, 1.807) is 5.06 Å². The predicted octanol–water partition coefficient (Wildman–Crippen LogP) is 4.20. The van der Waals surface area contributed by atoms with Crippen molar-refractivity contribution in [2.45, 2.75) is 51.6 Å². The van der Waals surface area contributed by atoms with Crippen LogP contribution < -0.4 is 4.90 Å². The third kappa shape index (κ3) is 4.80. The molecule has 26 heavy (non-hydrogen) atoms. The summed E-state index contributed by atoms with van der Waals surface area (Å²) in [5, 5.41) is 12.0. The lowest BCUT2D eigenvalue weighted by Gasteiger charge is -2.49. The molecule has 1 N–H and O–H groups in total. The van der Waals surface area contributed by atoms with Crippen molar-refractivity contribution in [1.82, 2.24) is 9.96 Å². The maximum absolute atomic E-state index is 10.4. The van der Waals surface area contributed by atoms with Crippen molar-refractivity contribution in [2.24, 2.45) is 0 Å². The Morgan fingerprint density at radius 3 is 2.00 bits per heavy atom. The predicted molar refractivity (Wildman–Crippen MR) is 111 cm³/mol. The molecular weight excluding hydrogens is 346 g/mol. The molecule has 146 valence electrons. The first-order valence-electron chi connectivity index (χ1n) is 9.47. The molecule has 0 bridgehead atoms. The molecule has 2 aliphatic rings. The highest BCUT2D eigenvalue weighted by molar-refractivity contribution is 5.85. The Kier molecular flexibility index (Phi) is 6.78. The molecule has 0 saturated carbocycles. The summed E-state index contributed by atoms with van der Waals surface area (Å²) in [5.41, 5.74) is 2.42. The SMILES string of the molecule is CC1(C)CC(=CCN2CCN(c3ccccc3)CC2)CC(C)(C)N1O.Cl. The number of para-hydroxylation sites is 1. The molecule has 1 aromatic carbocycles. The molecule has 0 atom stereocenters.